The Bertz CT molecular complexity index is 1490. The van der Waals surface area contributed by atoms with E-state index in [1.807, 2.05) is 24.3 Å². The summed E-state index contributed by atoms with van der Waals surface area (Å²) >= 11 is 0. The predicted octanol–water partition coefficient (Wildman–Crippen LogP) is 2.44. The highest BCUT2D eigenvalue weighted by Crippen LogP contribution is 2.57. The van der Waals surface area contributed by atoms with Gasteiger partial charge in [-0.1, -0.05) is 24.3 Å². The number of hydrogen-bond acceptors (Lipinski definition) is 8. The Labute approximate surface area is 219 Å². The van der Waals surface area contributed by atoms with Gasteiger partial charge in [-0.05, 0) is 51.7 Å². The first-order valence-corrected chi connectivity index (χ1v) is 12.3. The molecule has 5 rings (SSSR count). The number of carbonyl (C=O) groups excluding carboxylic acids is 4. The van der Waals surface area contributed by atoms with E-state index in [2.05, 4.69) is 10.6 Å². The second kappa shape index (κ2) is 8.86. The van der Waals surface area contributed by atoms with E-state index in [1.54, 1.807) is 0 Å². The highest BCUT2D eigenvalue weighted by molar-refractivity contribution is 6.31. The molecule has 0 spiro atoms. The summed E-state index contributed by atoms with van der Waals surface area (Å²) in [5, 5.41) is 27.2. The SMILES string of the molecule is CC(=O)c1c(O)c(C)c(O)c2c1OC1=CC(=O)C(=C(C)NCC(=O)NC3Cc4ccccc4C3)C(=O)[C@@]12C. The summed E-state index contributed by atoms with van der Waals surface area (Å²) in [5.74, 6) is -3.09. The van der Waals surface area contributed by atoms with Crippen molar-refractivity contribution in [2.24, 2.45) is 0 Å². The van der Waals surface area contributed by atoms with E-state index in [-0.39, 0.29) is 58.0 Å². The van der Waals surface area contributed by atoms with Crippen molar-refractivity contribution in [3.8, 4) is 17.2 Å². The number of carbonyl (C=O) groups is 4. The van der Waals surface area contributed by atoms with E-state index in [1.165, 1.54) is 38.8 Å². The van der Waals surface area contributed by atoms with Gasteiger partial charge in [0.05, 0.1) is 17.7 Å². The van der Waals surface area contributed by atoms with E-state index in [9.17, 15) is 29.4 Å². The van der Waals surface area contributed by atoms with Crippen LogP contribution >= 0.6 is 0 Å². The molecule has 2 aromatic rings. The first kappa shape index (κ1) is 25.3. The van der Waals surface area contributed by atoms with Crippen molar-refractivity contribution in [3.63, 3.8) is 0 Å². The lowest BCUT2D eigenvalue weighted by atomic mass is 9.70. The van der Waals surface area contributed by atoms with Crippen molar-refractivity contribution in [1.29, 1.82) is 0 Å². The van der Waals surface area contributed by atoms with Crippen molar-refractivity contribution in [2.45, 2.75) is 52.0 Å². The average molecular weight is 517 g/mol. The smallest absolute Gasteiger partial charge is 0.239 e. The third-order valence-electron chi connectivity index (χ3n) is 7.69. The zero-order chi connectivity index (χ0) is 27.5. The molecule has 4 N–H and O–H groups in total. The maximum absolute atomic E-state index is 13.8. The minimum absolute atomic E-state index is 0.0191. The van der Waals surface area contributed by atoms with Crippen molar-refractivity contribution in [2.75, 3.05) is 6.54 Å². The summed E-state index contributed by atoms with van der Waals surface area (Å²) in [5.41, 5.74) is 0.709. The van der Waals surface area contributed by atoms with Crippen LogP contribution in [0.25, 0.3) is 0 Å². The monoisotopic (exact) mass is 516 g/mol. The summed E-state index contributed by atoms with van der Waals surface area (Å²) in [6, 6.07) is 8.00. The van der Waals surface area contributed by atoms with E-state index in [0.29, 0.717) is 0 Å². The predicted molar refractivity (Wildman–Crippen MR) is 137 cm³/mol. The van der Waals surface area contributed by atoms with Crippen molar-refractivity contribution < 1.29 is 34.1 Å². The summed E-state index contributed by atoms with van der Waals surface area (Å²) in [6.07, 6.45) is 2.63. The summed E-state index contributed by atoms with van der Waals surface area (Å²) in [4.78, 5) is 51.8. The zero-order valence-corrected chi connectivity index (χ0v) is 21.5. The number of aromatic hydroxyl groups is 2. The van der Waals surface area contributed by atoms with Crippen LogP contribution in [-0.2, 0) is 32.6 Å². The molecule has 0 saturated carbocycles. The van der Waals surface area contributed by atoms with Gasteiger partial charge in [-0.15, -0.1) is 0 Å². The molecule has 1 aliphatic heterocycles. The van der Waals surface area contributed by atoms with E-state index in [4.69, 9.17) is 4.74 Å². The molecule has 0 saturated heterocycles. The van der Waals surface area contributed by atoms with Crippen LogP contribution < -0.4 is 15.4 Å². The molecule has 9 nitrogen and oxygen atoms in total. The van der Waals surface area contributed by atoms with Crippen LogP contribution in [0.3, 0.4) is 0 Å². The lowest BCUT2D eigenvalue weighted by Gasteiger charge is -2.29. The number of phenolic OH excluding ortho intramolecular Hbond substituents is 2. The number of phenols is 2. The molecule has 1 amide bonds. The third-order valence-corrected chi connectivity index (χ3v) is 7.69. The fraction of sp³-hybridized carbons (Fsp3) is 0.310. The van der Waals surface area contributed by atoms with E-state index >= 15 is 0 Å². The standard InChI is InChI=1S/C29H28N2O7/c1-13-25(35)23(15(3)32)27-24(26(13)36)29(4)20(38-27)11-19(33)22(28(29)37)14(2)30-12-21(34)31-18-9-16-7-5-6-8-17(16)10-18/h5-8,11,18,30,35-36H,9-10,12H2,1-4H3,(H,31,34)/t29-/m0/s1. The van der Waals surface area contributed by atoms with E-state index < -0.39 is 34.3 Å². The van der Waals surface area contributed by atoms with Gasteiger partial charge >= 0.3 is 0 Å². The number of ether oxygens (including phenoxy) is 1. The minimum Gasteiger partial charge on any atom is -0.507 e. The largest absolute Gasteiger partial charge is 0.507 e. The number of amides is 1. The molecule has 2 aliphatic carbocycles. The number of nitrogens with one attached hydrogen (secondary N) is 2. The molecule has 3 aliphatic rings. The van der Waals surface area contributed by atoms with Crippen LogP contribution in [0.5, 0.6) is 17.2 Å². The van der Waals surface area contributed by atoms with Gasteiger partial charge in [-0.3, -0.25) is 19.2 Å². The molecular weight excluding hydrogens is 488 g/mol. The van der Waals surface area contributed by atoms with Crippen molar-refractivity contribution in [3.05, 3.63) is 75.2 Å². The Morgan fingerprint density at radius 1 is 1.08 bits per heavy atom. The summed E-state index contributed by atoms with van der Waals surface area (Å²) < 4.78 is 5.76. The van der Waals surface area contributed by atoms with Gasteiger partial charge in [0.1, 0.15) is 34.0 Å². The van der Waals surface area contributed by atoms with Crippen molar-refractivity contribution >= 4 is 23.3 Å². The number of rotatable bonds is 5. The molecule has 1 heterocycles. The average Bonchev–Trinajstić information content (AvgIpc) is 3.39. The Morgan fingerprint density at radius 2 is 1.71 bits per heavy atom. The second-order valence-electron chi connectivity index (χ2n) is 10.2. The molecule has 0 aromatic heterocycles. The van der Waals surface area contributed by atoms with Crippen molar-refractivity contribution in [1.82, 2.24) is 10.6 Å². The molecule has 9 heteroatoms. The summed E-state index contributed by atoms with van der Waals surface area (Å²) in [6.45, 7) is 5.54. The summed E-state index contributed by atoms with van der Waals surface area (Å²) in [7, 11) is 0. The second-order valence-corrected chi connectivity index (χ2v) is 10.2. The normalized spacial score (nSPS) is 21.2. The van der Waals surface area contributed by atoms with Gasteiger partial charge in [0, 0.05) is 23.4 Å². The van der Waals surface area contributed by atoms with Gasteiger partial charge in [-0.25, -0.2) is 0 Å². The molecule has 0 radical (unpaired) electrons. The first-order chi connectivity index (χ1) is 17.9. The Kier molecular flexibility index (Phi) is 5.89. The maximum atomic E-state index is 13.8. The van der Waals surface area contributed by atoms with Crippen LogP contribution in [0.4, 0.5) is 0 Å². The number of ketones is 3. The van der Waals surface area contributed by atoms with E-state index in [0.717, 1.165) is 18.9 Å². The first-order valence-electron chi connectivity index (χ1n) is 12.3. The highest BCUT2D eigenvalue weighted by Gasteiger charge is 2.56. The molecule has 0 bridgehead atoms. The van der Waals surface area contributed by atoms with Crippen LogP contribution in [0.1, 0.15) is 53.4 Å². The van der Waals surface area contributed by atoms with Crippen LogP contribution in [-0.4, -0.2) is 46.1 Å². The number of allylic oxidation sites excluding steroid dienone is 4. The molecule has 196 valence electrons. The zero-order valence-electron chi connectivity index (χ0n) is 21.5. The number of benzene rings is 2. The third kappa shape index (κ3) is 3.69. The van der Waals surface area contributed by atoms with Gasteiger partial charge in [0.25, 0.3) is 0 Å². The molecule has 38 heavy (non-hydrogen) atoms. The van der Waals surface area contributed by atoms with Gasteiger partial charge < -0.3 is 25.6 Å². The molecular formula is C29H28N2O7. The number of hydrogen-bond donors (Lipinski definition) is 4. The van der Waals surface area contributed by atoms with Gasteiger partial charge in [0.2, 0.25) is 5.91 Å². The lowest BCUT2D eigenvalue weighted by Crippen LogP contribution is -2.43. The van der Waals surface area contributed by atoms with Gasteiger partial charge in [0.15, 0.2) is 17.3 Å². The quantitative estimate of drug-likeness (QED) is 0.270. The highest BCUT2D eigenvalue weighted by atomic mass is 16.5. The van der Waals surface area contributed by atoms with Crippen LogP contribution in [0.15, 0.2) is 47.4 Å². The van der Waals surface area contributed by atoms with Gasteiger partial charge in [-0.2, -0.15) is 0 Å². The minimum atomic E-state index is -1.61. The Balaban J connectivity index is 1.40. The fourth-order valence-corrected chi connectivity index (χ4v) is 5.60. The molecule has 0 unspecified atom stereocenters. The van der Waals surface area contributed by atoms with Crippen LogP contribution in [0.2, 0.25) is 0 Å². The Hall–Kier alpha value is -4.40. The molecule has 1 atom stereocenters. The number of fused-ring (bicyclic) bond motifs is 4. The fourth-order valence-electron chi connectivity index (χ4n) is 5.60. The van der Waals surface area contributed by atoms with Crippen LogP contribution in [0, 0.1) is 6.92 Å². The molecule has 2 aromatic carbocycles. The molecule has 0 fully saturated rings. The number of Topliss-reactive ketones (excluding diaryl/α,β-unsaturated/α-hetero) is 2. The Morgan fingerprint density at radius 3 is 2.32 bits per heavy atom. The topological polar surface area (TPSA) is 142 Å². The maximum Gasteiger partial charge on any atom is 0.239 e. The lowest BCUT2D eigenvalue weighted by molar-refractivity contribution is -0.124.